The summed E-state index contributed by atoms with van der Waals surface area (Å²) in [7, 11) is 0. The van der Waals surface area contributed by atoms with Crippen LogP contribution in [0, 0.1) is 5.92 Å². The molecule has 0 saturated carbocycles. The molecule has 0 radical (unpaired) electrons. The minimum atomic E-state index is 0.603. The van der Waals surface area contributed by atoms with Gasteiger partial charge in [-0.2, -0.15) is 0 Å². The quantitative estimate of drug-likeness (QED) is 0.774. The van der Waals surface area contributed by atoms with Crippen LogP contribution in [0.3, 0.4) is 0 Å². The predicted molar refractivity (Wildman–Crippen MR) is 64.9 cm³/mol. The summed E-state index contributed by atoms with van der Waals surface area (Å²) in [5.74, 6) is 0.749. The summed E-state index contributed by atoms with van der Waals surface area (Å²) in [5, 5.41) is 3.55. The van der Waals surface area contributed by atoms with Gasteiger partial charge in [0.2, 0.25) is 0 Å². The zero-order valence-electron chi connectivity index (χ0n) is 10.0. The molecule has 0 aromatic carbocycles. The molecule has 1 aromatic rings. The van der Waals surface area contributed by atoms with Gasteiger partial charge in [0.25, 0.3) is 0 Å². The molecule has 0 spiro atoms. The fraction of sp³-hybridized carbons (Fsp3) is 0.615. The summed E-state index contributed by atoms with van der Waals surface area (Å²) >= 11 is 0. The highest BCUT2D eigenvalue weighted by atomic mass is 14.9. The van der Waals surface area contributed by atoms with E-state index in [1.807, 2.05) is 18.5 Å². The molecule has 15 heavy (non-hydrogen) atoms. The zero-order valence-corrected chi connectivity index (χ0v) is 10.0. The second-order valence-electron chi connectivity index (χ2n) is 4.24. The number of hydrogen-bond donors (Lipinski definition) is 1. The monoisotopic (exact) mass is 206 g/mol. The highest BCUT2D eigenvalue weighted by Gasteiger charge is 2.08. The lowest BCUT2D eigenvalue weighted by molar-refractivity contribution is 0.393. The Morgan fingerprint density at radius 2 is 2.20 bits per heavy atom. The molecule has 2 nitrogen and oxygen atoms in total. The highest BCUT2D eigenvalue weighted by molar-refractivity contribution is 5.08. The maximum Gasteiger partial charge on any atom is 0.0300 e. The van der Waals surface area contributed by atoms with Crippen LogP contribution in [0.15, 0.2) is 24.5 Å². The zero-order chi connectivity index (χ0) is 11.1. The molecule has 0 aliphatic carbocycles. The molecule has 2 atom stereocenters. The van der Waals surface area contributed by atoms with Crippen molar-refractivity contribution in [3.63, 3.8) is 0 Å². The molecule has 0 bridgehead atoms. The van der Waals surface area contributed by atoms with Gasteiger partial charge in [0, 0.05) is 18.4 Å². The topological polar surface area (TPSA) is 24.9 Å². The molecule has 2 unspecified atom stereocenters. The lowest BCUT2D eigenvalue weighted by Crippen LogP contribution is -2.33. The standard InChI is InChI=1S/C13H22N2/c1-4-11(2)12(3)15-9-7-13-6-5-8-14-10-13/h5-6,8,10-12,15H,4,7,9H2,1-3H3. The van der Waals surface area contributed by atoms with Gasteiger partial charge >= 0.3 is 0 Å². The van der Waals surface area contributed by atoms with Crippen LogP contribution in [0.1, 0.15) is 32.8 Å². The Morgan fingerprint density at radius 1 is 1.40 bits per heavy atom. The summed E-state index contributed by atoms with van der Waals surface area (Å²) < 4.78 is 0. The van der Waals surface area contributed by atoms with Gasteiger partial charge in [-0.25, -0.2) is 0 Å². The molecule has 1 N–H and O–H groups in total. The van der Waals surface area contributed by atoms with Crippen molar-refractivity contribution >= 4 is 0 Å². The smallest absolute Gasteiger partial charge is 0.0300 e. The number of nitrogens with one attached hydrogen (secondary N) is 1. The minimum absolute atomic E-state index is 0.603. The maximum atomic E-state index is 4.11. The van der Waals surface area contributed by atoms with Gasteiger partial charge in [-0.15, -0.1) is 0 Å². The van der Waals surface area contributed by atoms with Crippen LogP contribution < -0.4 is 5.32 Å². The van der Waals surface area contributed by atoms with Crippen LogP contribution in [0.5, 0.6) is 0 Å². The Labute approximate surface area is 93.1 Å². The van der Waals surface area contributed by atoms with Crippen molar-refractivity contribution in [2.45, 2.75) is 39.7 Å². The summed E-state index contributed by atoms with van der Waals surface area (Å²) in [6.07, 6.45) is 6.06. The Bertz CT molecular complexity index is 258. The van der Waals surface area contributed by atoms with E-state index < -0.39 is 0 Å². The van der Waals surface area contributed by atoms with E-state index in [9.17, 15) is 0 Å². The van der Waals surface area contributed by atoms with Crippen LogP contribution >= 0.6 is 0 Å². The first-order chi connectivity index (χ1) is 7.24. The van der Waals surface area contributed by atoms with Crippen molar-refractivity contribution < 1.29 is 0 Å². The SMILES string of the molecule is CCC(C)C(C)NCCc1cccnc1. The summed E-state index contributed by atoms with van der Waals surface area (Å²) in [5.41, 5.74) is 1.31. The van der Waals surface area contributed by atoms with Crippen molar-refractivity contribution in [2.75, 3.05) is 6.54 Å². The average molecular weight is 206 g/mol. The Kier molecular flexibility index (Phi) is 5.33. The van der Waals surface area contributed by atoms with Crippen LogP contribution in [0.4, 0.5) is 0 Å². The van der Waals surface area contributed by atoms with Gasteiger partial charge in [0.1, 0.15) is 0 Å². The third-order valence-electron chi connectivity index (χ3n) is 3.10. The molecule has 1 rings (SSSR count). The normalized spacial score (nSPS) is 14.9. The van der Waals surface area contributed by atoms with Crippen molar-refractivity contribution in [1.82, 2.24) is 10.3 Å². The number of rotatable bonds is 6. The summed E-state index contributed by atoms with van der Waals surface area (Å²) in [6, 6.07) is 4.72. The Balaban J connectivity index is 2.22. The predicted octanol–water partition coefficient (Wildman–Crippen LogP) is 2.65. The molecular formula is C13H22N2. The van der Waals surface area contributed by atoms with Crippen molar-refractivity contribution in [3.8, 4) is 0 Å². The first-order valence-electron chi connectivity index (χ1n) is 5.86. The lowest BCUT2D eigenvalue weighted by atomic mass is 10.0. The van der Waals surface area contributed by atoms with E-state index in [-0.39, 0.29) is 0 Å². The lowest BCUT2D eigenvalue weighted by Gasteiger charge is -2.19. The van der Waals surface area contributed by atoms with Crippen molar-refractivity contribution in [2.24, 2.45) is 5.92 Å². The summed E-state index contributed by atoms with van der Waals surface area (Å²) in [4.78, 5) is 4.11. The van der Waals surface area contributed by atoms with E-state index in [2.05, 4.69) is 37.1 Å². The number of hydrogen-bond acceptors (Lipinski definition) is 2. The average Bonchev–Trinajstić information content (AvgIpc) is 2.29. The molecule has 2 heteroatoms. The first kappa shape index (κ1) is 12.2. The van der Waals surface area contributed by atoms with E-state index in [1.165, 1.54) is 12.0 Å². The fourth-order valence-corrected chi connectivity index (χ4v) is 1.54. The van der Waals surface area contributed by atoms with Crippen molar-refractivity contribution in [1.29, 1.82) is 0 Å². The molecule has 1 heterocycles. The van der Waals surface area contributed by atoms with Crippen LogP contribution in [0.25, 0.3) is 0 Å². The molecular weight excluding hydrogens is 184 g/mol. The van der Waals surface area contributed by atoms with E-state index in [1.54, 1.807) is 0 Å². The molecule has 84 valence electrons. The molecule has 0 aliphatic heterocycles. The first-order valence-corrected chi connectivity index (χ1v) is 5.86. The molecule has 0 aliphatic rings. The molecule has 0 fully saturated rings. The van der Waals surface area contributed by atoms with Gasteiger partial charge in [-0.1, -0.05) is 26.3 Å². The third kappa shape index (κ3) is 4.43. The van der Waals surface area contributed by atoms with Gasteiger partial charge in [0.05, 0.1) is 0 Å². The minimum Gasteiger partial charge on any atom is -0.314 e. The third-order valence-corrected chi connectivity index (χ3v) is 3.10. The second kappa shape index (κ2) is 6.57. The Hall–Kier alpha value is -0.890. The molecule has 1 aromatic heterocycles. The van der Waals surface area contributed by atoms with E-state index in [0.29, 0.717) is 6.04 Å². The van der Waals surface area contributed by atoms with Crippen LogP contribution in [0.2, 0.25) is 0 Å². The van der Waals surface area contributed by atoms with Gasteiger partial charge < -0.3 is 5.32 Å². The van der Waals surface area contributed by atoms with Gasteiger partial charge in [-0.05, 0) is 37.4 Å². The fourth-order valence-electron chi connectivity index (χ4n) is 1.54. The Morgan fingerprint density at radius 3 is 2.80 bits per heavy atom. The second-order valence-corrected chi connectivity index (χ2v) is 4.24. The van der Waals surface area contributed by atoms with Crippen LogP contribution in [-0.4, -0.2) is 17.6 Å². The maximum absolute atomic E-state index is 4.11. The van der Waals surface area contributed by atoms with E-state index in [4.69, 9.17) is 0 Å². The van der Waals surface area contributed by atoms with E-state index in [0.717, 1.165) is 18.9 Å². The summed E-state index contributed by atoms with van der Waals surface area (Å²) in [6.45, 7) is 7.83. The largest absolute Gasteiger partial charge is 0.314 e. The van der Waals surface area contributed by atoms with Crippen molar-refractivity contribution in [3.05, 3.63) is 30.1 Å². The number of nitrogens with zero attached hydrogens (tertiary/aromatic N) is 1. The van der Waals surface area contributed by atoms with E-state index >= 15 is 0 Å². The van der Waals surface area contributed by atoms with Crippen LogP contribution in [-0.2, 0) is 6.42 Å². The highest BCUT2D eigenvalue weighted by Crippen LogP contribution is 2.06. The van der Waals surface area contributed by atoms with Gasteiger partial charge in [-0.3, -0.25) is 4.98 Å². The molecule has 0 amide bonds. The number of aromatic nitrogens is 1. The molecule has 0 saturated heterocycles. The number of pyridine rings is 1. The van der Waals surface area contributed by atoms with Gasteiger partial charge in [0.15, 0.2) is 0 Å².